The molecular weight excluding hydrogens is 348 g/mol. The van der Waals surface area contributed by atoms with Crippen molar-refractivity contribution in [2.24, 2.45) is 5.92 Å². The summed E-state index contributed by atoms with van der Waals surface area (Å²) < 4.78 is 0. The molecule has 2 N–H and O–H groups in total. The second-order valence-electron chi connectivity index (χ2n) is 8.96. The molecule has 168 valence electrons. The second-order valence-corrected chi connectivity index (χ2v) is 8.96. The van der Waals surface area contributed by atoms with Gasteiger partial charge in [0.05, 0.1) is 0 Å². The molecule has 0 fully saturated rings. The Morgan fingerprint density at radius 3 is 1.18 bits per heavy atom. The van der Waals surface area contributed by atoms with Gasteiger partial charge >= 0.3 is 5.97 Å². The molecule has 3 nitrogen and oxygen atoms in total. The van der Waals surface area contributed by atoms with Crippen LogP contribution in [0.25, 0.3) is 0 Å². The fourth-order valence-corrected chi connectivity index (χ4v) is 3.81. The first-order chi connectivity index (χ1) is 13.6. The normalized spacial score (nSPS) is 13.5. The van der Waals surface area contributed by atoms with Gasteiger partial charge in [0.15, 0.2) is 6.10 Å². The van der Waals surface area contributed by atoms with Crippen LogP contribution >= 0.6 is 0 Å². The highest BCUT2D eigenvalue weighted by Crippen LogP contribution is 2.16. The number of aliphatic hydroxyl groups is 1. The number of aliphatic carboxylic acids is 1. The molecule has 2 atom stereocenters. The predicted molar refractivity (Wildman–Crippen MR) is 121 cm³/mol. The number of aliphatic hydroxyl groups excluding tert-OH is 1. The standard InChI is InChI=1S/C25H50O3/c1-3-23(2)21-19-17-15-13-11-9-7-5-4-6-8-10-12-14-16-18-20-22-24(26)25(27)28/h23-24,26H,3-22H2,1-2H3,(H,27,28)/t23-,24+/m0/s1. The van der Waals surface area contributed by atoms with Crippen LogP contribution in [0.5, 0.6) is 0 Å². The van der Waals surface area contributed by atoms with Gasteiger partial charge in [-0.25, -0.2) is 4.79 Å². The van der Waals surface area contributed by atoms with Crippen LogP contribution in [0.4, 0.5) is 0 Å². The minimum atomic E-state index is -1.17. The third-order valence-corrected chi connectivity index (χ3v) is 6.16. The highest BCUT2D eigenvalue weighted by molar-refractivity contribution is 5.71. The summed E-state index contributed by atoms with van der Waals surface area (Å²) >= 11 is 0. The fraction of sp³-hybridized carbons (Fsp3) is 0.960. The zero-order valence-corrected chi connectivity index (χ0v) is 19.1. The van der Waals surface area contributed by atoms with E-state index in [2.05, 4.69) is 13.8 Å². The van der Waals surface area contributed by atoms with Crippen molar-refractivity contribution < 1.29 is 15.0 Å². The van der Waals surface area contributed by atoms with Crippen molar-refractivity contribution in [3.05, 3.63) is 0 Å². The lowest BCUT2D eigenvalue weighted by Gasteiger charge is -2.07. The van der Waals surface area contributed by atoms with Crippen molar-refractivity contribution in [1.29, 1.82) is 0 Å². The molecule has 0 rings (SSSR count). The van der Waals surface area contributed by atoms with E-state index in [0.29, 0.717) is 6.42 Å². The molecule has 0 saturated carbocycles. The molecule has 0 spiro atoms. The van der Waals surface area contributed by atoms with Gasteiger partial charge < -0.3 is 10.2 Å². The Balaban J connectivity index is 3.08. The molecule has 0 unspecified atom stereocenters. The van der Waals surface area contributed by atoms with Crippen LogP contribution < -0.4 is 0 Å². The highest BCUT2D eigenvalue weighted by Gasteiger charge is 2.11. The first-order valence-corrected chi connectivity index (χ1v) is 12.5. The van der Waals surface area contributed by atoms with Crippen LogP contribution in [0.3, 0.4) is 0 Å². The van der Waals surface area contributed by atoms with Gasteiger partial charge in [-0.05, 0) is 12.3 Å². The molecule has 0 amide bonds. The average Bonchev–Trinajstić information content (AvgIpc) is 2.69. The largest absolute Gasteiger partial charge is 0.479 e. The number of carboxylic acid groups (broad SMARTS) is 1. The number of rotatable bonds is 22. The molecule has 0 aromatic rings. The van der Waals surface area contributed by atoms with Crippen molar-refractivity contribution in [3.63, 3.8) is 0 Å². The Kier molecular flexibility index (Phi) is 20.7. The van der Waals surface area contributed by atoms with Gasteiger partial charge in [0.2, 0.25) is 0 Å². The molecule has 0 aliphatic carbocycles. The number of carbonyl (C=O) groups is 1. The third kappa shape index (κ3) is 20.2. The Bertz CT molecular complexity index is 330. The van der Waals surface area contributed by atoms with E-state index in [4.69, 9.17) is 5.11 Å². The zero-order chi connectivity index (χ0) is 20.9. The Labute approximate surface area is 175 Å². The maximum atomic E-state index is 10.5. The third-order valence-electron chi connectivity index (χ3n) is 6.16. The molecule has 0 radical (unpaired) electrons. The van der Waals surface area contributed by atoms with Gasteiger partial charge in [-0.1, -0.05) is 136 Å². The molecule has 0 saturated heterocycles. The van der Waals surface area contributed by atoms with Gasteiger partial charge in [0.25, 0.3) is 0 Å². The summed E-state index contributed by atoms with van der Waals surface area (Å²) in [6.45, 7) is 4.67. The number of carboxylic acids is 1. The van der Waals surface area contributed by atoms with E-state index in [1.807, 2.05) is 0 Å². The number of unbranched alkanes of at least 4 members (excludes halogenated alkanes) is 16. The lowest BCUT2D eigenvalue weighted by Crippen LogP contribution is -2.18. The Morgan fingerprint density at radius 1 is 0.607 bits per heavy atom. The molecule has 28 heavy (non-hydrogen) atoms. The van der Waals surface area contributed by atoms with Crippen LogP contribution in [-0.4, -0.2) is 22.3 Å². The van der Waals surface area contributed by atoms with Crippen molar-refractivity contribution >= 4 is 5.97 Å². The molecule has 0 aliphatic heterocycles. The topological polar surface area (TPSA) is 57.5 Å². The fourth-order valence-electron chi connectivity index (χ4n) is 3.81. The predicted octanol–water partition coefficient (Wildman–Crippen LogP) is 7.89. The first-order valence-electron chi connectivity index (χ1n) is 12.5. The molecule has 3 heteroatoms. The van der Waals surface area contributed by atoms with E-state index in [1.54, 1.807) is 0 Å². The highest BCUT2D eigenvalue weighted by atomic mass is 16.4. The summed E-state index contributed by atoms with van der Waals surface area (Å²) in [5.41, 5.74) is 0. The lowest BCUT2D eigenvalue weighted by molar-refractivity contribution is -0.146. The molecule has 0 aromatic carbocycles. The molecule has 0 aliphatic rings. The van der Waals surface area contributed by atoms with Gasteiger partial charge in [-0.15, -0.1) is 0 Å². The molecule has 0 aromatic heterocycles. The van der Waals surface area contributed by atoms with Gasteiger partial charge in [-0.3, -0.25) is 0 Å². The van der Waals surface area contributed by atoms with Crippen LogP contribution in [0.15, 0.2) is 0 Å². The Hall–Kier alpha value is -0.570. The van der Waals surface area contributed by atoms with E-state index in [-0.39, 0.29) is 0 Å². The summed E-state index contributed by atoms with van der Waals surface area (Å²) in [6.07, 6.45) is 24.6. The maximum Gasteiger partial charge on any atom is 0.332 e. The summed E-state index contributed by atoms with van der Waals surface area (Å²) in [5, 5.41) is 17.8. The van der Waals surface area contributed by atoms with Gasteiger partial charge in [-0.2, -0.15) is 0 Å². The summed E-state index contributed by atoms with van der Waals surface area (Å²) in [4.78, 5) is 10.5. The lowest BCUT2D eigenvalue weighted by atomic mass is 9.99. The van der Waals surface area contributed by atoms with Crippen molar-refractivity contribution in [3.8, 4) is 0 Å². The molecule has 0 bridgehead atoms. The van der Waals surface area contributed by atoms with Crippen LogP contribution in [0.2, 0.25) is 0 Å². The van der Waals surface area contributed by atoms with E-state index >= 15 is 0 Å². The van der Waals surface area contributed by atoms with E-state index < -0.39 is 12.1 Å². The summed E-state index contributed by atoms with van der Waals surface area (Å²) in [7, 11) is 0. The van der Waals surface area contributed by atoms with Gasteiger partial charge in [0, 0.05) is 0 Å². The number of hydrogen-bond acceptors (Lipinski definition) is 2. The average molecular weight is 399 g/mol. The monoisotopic (exact) mass is 398 g/mol. The zero-order valence-electron chi connectivity index (χ0n) is 19.1. The van der Waals surface area contributed by atoms with Crippen molar-refractivity contribution in [2.75, 3.05) is 0 Å². The molecular formula is C25H50O3. The van der Waals surface area contributed by atoms with E-state index in [1.165, 1.54) is 109 Å². The van der Waals surface area contributed by atoms with Crippen LogP contribution in [0.1, 0.15) is 142 Å². The van der Waals surface area contributed by atoms with Crippen LogP contribution in [-0.2, 0) is 4.79 Å². The number of hydrogen-bond donors (Lipinski definition) is 2. The smallest absolute Gasteiger partial charge is 0.332 e. The van der Waals surface area contributed by atoms with E-state index in [9.17, 15) is 9.90 Å². The summed E-state index contributed by atoms with van der Waals surface area (Å²) in [6, 6.07) is 0. The van der Waals surface area contributed by atoms with Crippen LogP contribution in [0, 0.1) is 5.92 Å². The second kappa shape index (κ2) is 21.1. The first kappa shape index (κ1) is 27.4. The Morgan fingerprint density at radius 2 is 0.893 bits per heavy atom. The quantitative estimate of drug-likeness (QED) is 0.182. The van der Waals surface area contributed by atoms with E-state index in [0.717, 1.165) is 18.8 Å². The minimum absolute atomic E-state index is 0.396. The minimum Gasteiger partial charge on any atom is -0.479 e. The van der Waals surface area contributed by atoms with Crippen molar-refractivity contribution in [1.82, 2.24) is 0 Å². The molecule has 0 heterocycles. The van der Waals surface area contributed by atoms with Crippen molar-refractivity contribution in [2.45, 2.75) is 148 Å². The SMILES string of the molecule is CC[C@H](C)CCCCCCCCCCCCCCCCCCC[C@@H](O)C(=O)O. The maximum absolute atomic E-state index is 10.5. The summed E-state index contributed by atoms with van der Waals surface area (Å²) in [5.74, 6) is -0.169. The van der Waals surface area contributed by atoms with Gasteiger partial charge in [0.1, 0.15) is 0 Å².